The van der Waals surface area contributed by atoms with Crippen molar-refractivity contribution >= 4 is 34.4 Å². The number of hydrogen-bond acceptors (Lipinski definition) is 5. The topological polar surface area (TPSA) is 84.3 Å². The third kappa shape index (κ3) is 3.53. The summed E-state index contributed by atoms with van der Waals surface area (Å²) < 4.78 is 15.9. The van der Waals surface area contributed by atoms with Gasteiger partial charge in [-0.15, -0.1) is 0 Å². The molecule has 3 aromatic rings. The van der Waals surface area contributed by atoms with Gasteiger partial charge in [-0.3, -0.25) is 4.79 Å². The number of methoxy groups -OCH3 is 3. The number of aromatic amines is 1. The molecule has 0 radical (unpaired) electrons. The van der Waals surface area contributed by atoms with Gasteiger partial charge in [-0.1, -0.05) is 17.7 Å². The smallest absolute Gasteiger partial charge is 0.205 e. The highest BCUT2D eigenvalue weighted by Crippen LogP contribution is 2.38. The molecule has 1 heterocycles. The minimum Gasteiger partial charge on any atom is -0.493 e. The van der Waals surface area contributed by atoms with Gasteiger partial charge in [-0.25, -0.2) is 0 Å². The molecule has 0 spiro atoms. The third-order valence-electron chi connectivity index (χ3n) is 4.25. The fourth-order valence-electron chi connectivity index (χ4n) is 2.93. The second kappa shape index (κ2) is 8.07. The van der Waals surface area contributed by atoms with E-state index in [1.165, 1.54) is 27.4 Å². The van der Waals surface area contributed by atoms with E-state index in [-0.39, 0.29) is 5.57 Å². The zero-order chi connectivity index (χ0) is 20.3. The SMILES string of the molecule is COc1cc(/C=C(\C#N)C(=O)c2c[nH]c3cc(Cl)ccc23)cc(OC)c1OC. The van der Waals surface area contributed by atoms with Crippen molar-refractivity contribution in [2.75, 3.05) is 21.3 Å². The highest BCUT2D eigenvalue weighted by atomic mass is 35.5. The first kappa shape index (κ1) is 19.3. The first-order valence-electron chi connectivity index (χ1n) is 8.25. The molecule has 0 fully saturated rings. The molecule has 6 nitrogen and oxygen atoms in total. The number of Topliss-reactive ketones (excluding diaryl/α,β-unsaturated/α-hetero) is 1. The van der Waals surface area contributed by atoms with Gasteiger partial charge >= 0.3 is 0 Å². The molecule has 0 amide bonds. The number of halogens is 1. The number of nitrogens with zero attached hydrogens (tertiary/aromatic N) is 1. The molecule has 1 N–H and O–H groups in total. The van der Waals surface area contributed by atoms with Crippen LogP contribution in [-0.2, 0) is 0 Å². The Hall–Kier alpha value is -3.43. The first-order chi connectivity index (χ1) is 13.5. The van der Waals surface area contributed by atoms with Crippen LogP contribution in [0, 0.1) is 11.3 Å². The van der Waals surface area contributed by atoms with Crippen LogP contribution in [0.5, 0.6) is 17.2 Å². The largest absolute Gasteiger partial charge is 0.493 e. The Morgan fingerprint density at radius 1 is 1.11 bits per heavy atom. The molecule has 28 heavy (non-hydrogen) atoms. The Labute approximate surface area is 166 Å². The van der Waals surface area contributed by atoms with Crippen molar-refractivity contribution in [1.82, 2.24) is 4.98 Å². The number of H-pyrrole nitrogens is 1. The normalized spacial score (nSPS) is 11.2. The highest BCUT2D eigenvalue weighted by Gasteiger charge is 2.18. The molecule has 0 bridgehead atoms. The summed E-state index contributed by atoms with van der Waals surface area (Å²) in [4.78, 5) is 15.9. The quantitative estimate of drug-likeness (QED) is 0.373. The Bertz CT molecular complexity index is 1100. The van der Waals surface area contributed by atoms with Crippen LogP contribution < -0.4 is 14.2 Å². The molecule has 0 aliphatic heterocycles. The zero-order valence-electron chi connectivity index (χ0n) is 15.5. The number of ether oxygens (including phenoxy) is 3. The summed E-state index contributed by atoms with van der Waals surface area (Å²) in [5.41, 5.74) is 1.67. The van der Waals surface area contributed by atoms with Crippen LogP contribution in [0.3, 0.4) is 0 Å². The van der Waals surface area contributed by atoms with E-state index in [9.17, 15) is 10.1 Å². The van der Waals surface area contributed by atoms with Gasteiger partial charge in [0, 0.05) is 27.7 Å². The predicted octanol–water partition coefficient (Wildman–Crippen LogP) is 4.64. The average molecular weight is 397 g/mol. The van der Waals surface area contributed by atoms with E-state index in [4.69, 9.17) is 25.8 Å². The van der Waals surface area contributed by atoms with Gasteiger partial charge in [0.05, 0.1) is 21.3 Å². The molecule has 0 atom stereocenters. The van der Waals surface area contributed by atoms with E-state index in [1.807, 2.05) is 6.07 Å². The number of aromatic nitrogens is 1. The number of nitrogens with one attached hydrogen (secondary N) is 1. The van der Waals surface area contributed by atoms with Gasteiger partial charge in [0.25, 0.3) is 0 Å². The second-order valence-electron chi connectivity index (χ2n) is 5.85. The predicted molar refractivity (Wildman–Crippen MR) is 107 cm³/mol. The average Bonchev–Trinajstić information content (AvgIpc) is 3.13. The maximum absolute atomic E-state index is 12.9. The third-order valence-corrected chi connectivity index (χ3v) is 4.49. The van der Waals surface area contributed by atoms with E-state index in [0.29, 0.717) is 38.8 Å². The summed E-state index contributed by atoms with van der Waals surface area (Å²) in [6.45, 7) is 0. The fraction of sp³-hybridized carbons (Fsp3) is 0.143. The maximum Gasteiger partial charge on any atom is 0.205 e. The van der Waals surface area contributed by atoms with Gasteiger partial charge in [-0.2, -0.15) is 5.26 Å². The van der Waals surface area contributed by atoms with Crippen LogP contribution in [0.25, 0.3) is 17.0 Å². The van der Waals surface area contributed by atoms with Crippen molar-refractivity contribution in [2.45, 2.75) is 0 Å². The van der Waals surface area contributed by atoms with Crippen LogP contribution in [0.2, 0.25) is 5.02 Å². The van der Waals surface area contributed by atoms with Gasteiger partial charge in [-0.05, 0) is 35.9 Å². The number of carbonyl (C=O) groups is 1. The lowest BCUT2D eigenvalue weighted by Gasteiger charge is -2.13. The van der Waals surface area contributed by atoms with Crippen molar-refractivity contribution in [3.05, 3.63) is 58.3 Å². The van der Waals surface area contributed by atoms with Crippen LogP contribution >= 0.6 is 11.6 Å². The van der Waals surface area contributed by atoms with E-state index >= 15 is 0 Å². The van der Waals surface area contributed by atoms with Crippen LogP contribution in [0.1, 0.15) is 15.9 Å². The number of benzene rings is 2. The molecule has 0 aliphatic carbocycles. The van der Waals surface area contributed by atoms with Crippen molar-refractivity contribution in [3.63, 3.8) is 0 Å². The maximum atomic E-state index is 12.9. The van der Waals surface area contributed by atoms with E-state index in [2.05, 4.69) is 4.98 Å². The van der Waals surface area contributed by atoms with Crippen molar-refractivity contribution in [2.24, 2.45) is 0 Å². The molecule has 0 saturated carbocycles. The Morgan fingerprint density at radius 3 is 2.36 bits per heavy atom. The van der Waals surface area contributed by atoms with E-state index < -0.39 is 5.78 Å². The van der Waals surface area contributed by atoms with Crippen molar-refractivity contribution in [3.8, 4) is 23.3 Å². The van der Waals surface area contributed by atoms with Crippen LogP contribution in [-0.4, -0.2) is 32.1 Å². The molecule has 1 aromatic heterocycles. The molecule has 0 unspecified atom stereocenters. The number of nitriles is 1. The van der Waals surface area contributed by atoms with Crippen molar-refractivity contribution in [1.29, 1.82) is 5.26 Å². The van der Waals surface area contributed by atoms with Gasteiger partial charge in [0.1, 0.15) is 11.6 Å². The lowest BCUT2D eigenvalue weighted by atomic mass is 10.0. The summed E-state index contributed by atoms with van der Waals surface area (Å²) in [6, 6.07) is 10.5. The Kier molecular flexibility index (Phi) is 5.57. The number of rotatable bonds is 6. The summed E-state index contributed by atoms with van der Waals surface area (Å²) in [7, 11) is 4.50. The van der Waals surface area contributed by atoms with Crippen LogP contribution in [0.4, 0.5) is 0 Å². The minimum absolute atomic E-state index is 0.0230. The second-order valence-corrected chi connectivity index (χ2v) is 6.29. The lowest BCUT2D eigenvalue weighted by Crippen LogP contribution is -2.01. The fourth-order valence-corrected chi connectivity index (χ4v) is 3.10. The van der Waals surface area contributed by atoms with Gasteiger partial charge in [0.2, 0.25) is 11.5 Å². The summed E-state index contributed by atoms with van der Waals surface area (Å²) in [5.74, 6) is 0.893. The summed E-state index contributed by atoms with van der Waals surface area (Å²) in [5, 5.41) is 10.8. The van der Waals surface area contributed by atoms with Crippen LogP contribution in [0.15, 0.2) is 42.1 Å². The molecule has 7 heteroatoms. The highest BCUT2D eigenvalue weighted by molar-refractivity contribution is 6.31. The van der Waals surface area contributed by atoms with Gasteiger partial charge in [0.15, 0.2) is 11.5 Å². The van der Waals surface area contributed by atoms with E-state index in [1.54, 1.807) is 36.5 Å². The first-order valence-corrected chi connectivity index (χ1v) is 8.63. The Balaban J connectivity index is 2.06. The molecular weight excluding hydrogens is 380 g/mol. The number of allylic oxidation sites excluding steroid dienone is 1. The number of hydrogen-bond donors (Lipinski definition) is 1. The van der Waals surface area contributed by atoms with Gasteiger partial charge < -0.3 is 19.2 Å². The number of carbonyl (C=O) groups excluding carboxylic acids is 1. The molecule has 142 valence electrons. The number of fused-ring (bicyclic) bond motifs is 1. The van der Waals surface area contributed by atoms with Crippen molar-refractivity contribution < 1.29 is 19.0 Å². The number of ketones is 1. The minimum atomic E-state index is -0.398. The molecular formula is C21H17ClN2O4. The summed E-state index contributed by atoms with van der Waals surface area (Å²) in [6.07, 6.45) is 3.06. The zero-order valence-corrected chi connectivity index (χ0v) is 16.3. The lowest BCUT2D eigenvalue weighted by molar-refractivity contribution is 0.104. The molecule has 2 aromatic carbocycles. The Morgan fingerprint density at radius 2 is 1.79 bits per heavy atom. The molecule has 0 saturated heterocycles. The standard InChI is InChI=1S/C21H17ClN2O4/c1-26-18-7-12(8-19(27-2)21(18)28-3)6-13(10-23)20(25)16-11-24-17-9-14(22)4-5-15(16)17/h4-9,11,24H,1-3H3/b13-6+. The monoisotopic (exact) mass is 396 g/mol. The summed E-state index contributed by atoms with van der Waals surface area (Å²) >= 11 is 5.98. The molecule has 0 aliphatic rings. The molecule has 3 rings (SSSR count). The van der Waals surface area contributed by atoms with E-state index in [0.717, 1.165) is 5.52 Å².